The van der Waals surface area contributed by atoms with Crippen molar-refractivity contribution in [1.29, 1.82) is 0 Å². The van der Waals surface area contributed by atoms with Gasteiger partial charge in [0.2, 0.25) is 0 Å². The molecule has 0 saturated heterocycles. The van der Waals surface area contributed by atoms with E-state index in [-0.39, 0.29) is 31.2 Å². The lowest BCUT2D eigenvalue weighted by molar-refractivity contribution is -0.138. The maximum absolute atomic E-state index is 13.8. The fourth-order valence-electron chi connectivity index (χ4n) is 4.66. The minimum Gasteiger partial charge on any atom is -0.494 e. The second-order valence-electron chi connectivity index (χ2n) is 9.98. The molecule has 0 spiro atoms. The first-order valence-electron chi connectivity index (χ1n) is 14.2. The predicted molar refractivity (Wildman–Crippen MR) is 158 cm³/mol. The normalized spacial score (nSPS) is 10.7. The number of nitrogens with one attached hydrogen (secondary N) is 1. The van der Waals surface area contributed by atoms with Crippen LogP contribution in [0.3, 0.4) is 0 Å². The first-order chi connectivity index (χ1) is 20.3. The third kappa shape index (κ3) is 10.5. The summed E-state index contributed by atoms with van der Waals surface area (Å²) in [4.78, 5) is 34.3. The molecular weight excluding hydrogens is 541 g/mol. The Morgan fingerprint density at radius 2 is 1.50 bits per heavy atom. The smallest absolute Gasteiger partial charge is 0.303 e. The fraction of sp³-hybridized carbons (Fsp3) is 0.364. The van der Waals surface area contributed by atoms with Crippen LogP contribution in [0.4, 0.5) is 4.39 Å². The number of halogens is 1. The number of carbonyl (C=O) groups excluding carboxylic acids is 1. The van der Waals surface area contributed by atoms with Gasteiger partial charge in [-0.2, -0.15) is 0 Å². The van der Waals surface area contributed by atoms with Crippen LogP contribution in [-0.2, 0) is 22.4 Å². The number of amides is 1. The van der Waals surface area contributed by atoms with E-state index in [1.54, 1.807) is 43.4 Å². The first kappa shape index (κ1) is 32.1. The number of hydrogen-bond acceptors (Lipinski definition) is 5. The number of carbonyl (C=O) groups is 3. The van der Waals surface area contributed by atoms with Crippen LogP contribution in [-0.4, -0.2) is 48.3 Å². The van der Waals surface area contributed by atoms with Crippen LogP contribution in [0.1, 0.15) is 66.4 Å². The second-order valence-corrected chi connectivity index (χ2v) is 9.98. The SMILES string of the molecule is CNC(=O)c1cc(OCCCCCCc2cccc(OCCCC(=O)O)c2CCC(=O)O)cc(-c2cccc(F)c2)c1. The molecule has 0 aliphatic carbocycles. The van der Waals surface area contributed by atoms with Gasteiger partial charge in [-0.1, -0.05) is 37.1 Å². The van der Waals surface area contributed by atoms with Crippen LogP contribution in [0.5, 0.6) is 11.5 Å². The Labute approximate surface area is 245 Å². The fourth-order valence-corrected chi connectivity index (χ4v) is 4.66. The number of carboxylic acids is 2. The molecule has 0 aliphatic rings. The summed E-state index contributed by atoms with van der Waals surface area (Å²) in [5.74, 6) is -1.22. The molecule has 3 aromatic rings. The summed E-state index contributed by atoms with van der Waals surface area (Å²) in [6.07, 6.45) is 5.07. The van der Waals surface area contributed by atoms with Gasteiger partial charge in [0.1, 0.15) is 17.3 Å². The van der Waals surface area contributed by atoms with Crippen molar-refractivity contribution in [2.45, 2.75) is 57.8 Å². The van der Waals surface area contributed by atoms with Gasteiger partial charge in [0.25, 0.3) is 5.91 Å². The van der Waals surface area contributed by atoms with Crippen LogP contribution in [0.15, 0.2) is 60.7 Å². The molecule has 3 aromatic carbocycles. The minimum absolute atomic E-state index is 0.0120. The number of aliphatic carboxylic acids is 2. The number of unbranched alkanes of at least 4 members (excludes halogenated alkanes) is 3. The zero-order valence-electron chi connectivity index (χ0n) is 23.9. The minimum atomic E-state index is -0.884. The molecule has 0 saturated carbocycles. The van der Waals surface area contributed by atoms with Crippen molar-refractivity contribution in [3.63, 3.8) is 0 Å². The number of benzene rings is 3. The van der Waals surface area contributed by atoms with Crippen LogP contribution < -0.4 is 14.8 Å². The molecule has 3 N–H and O–H groups in total. The summed E-state index contributed by atoms with van der Waals surface area (Å²) in [5.41, 5.74) is 3.68. The van der Waals surface area contributed by atoms with Gasteiger partial charge in [0.05, 0.1) is 13.2 Å². The molecule has 42 heavy (non-hydrogen) atoms. The Hall–Kier alpha value is -4.40. The lowest BCUT2D eigenvalue weighted by Gasteiger charge is -2.15. The van der Waals surface area contributed by atoms with Gasteiger partial charge in [-0.15, -0.1) is 0 Å². The average Bonchev–Trinajstić information content (AvgIpc) is 2.97. The number of carboxylic acid groups (broad SMARTS) is 2. The van der Waals surface area contributed by atoms with E-state index in [1.807, 2.05) is 12.1 Å². The monoisotopic (exact) mass is 579 g/mol. The van der Waals surface area contributed by atoms with Crippen molar-refractivity contribution in [1.82, 2.24) is 5.32 Å². The van der Waals surface area contributed by atoms with Gasteiger partial charge in [0, 0.05) is 25.5 Å². The summed E-state index contributed by atoms with van der Waals surface area (Å²) in [5, 5.41) is 20.6. The highest BCUT2D eigenvalue weighted by Gasteiger charge is 2.13. The summed E-state index contributed by atoms with van der Waals surface area (Å²) in [7, 11) is 1.55. The Bertz CT molecular complexity index is 1360. The van der Waals surface area contributed by atoms with Crippen molar-refractivity contribution in [3.05, 3.63) is 83.2 Å². The zero-order chi connectivity index (χ0) is 30.3. The van der Waals surface area contributed by atoms with Crippen LogP contribution in [0.25, 0.3) is 11.1 Å². The molecule has 224 valence electrons. The van der Waals surface area contributed by atoms with Gasteiger partial charge in [0.15, 0.2) is 0 Å². The van der Waals surface area contributed by atoms with Crippen LogP contribution >= 0.6 is 0 Å². The predicted octanol–water partition coefficient (Wildman–Crippen LogP) is 6.30. The van der Waals surface area contributed by atoms with E-state index >= 15 is 0 Å². The van der Waals surface area contributed by atoms with E-state index in [2.05, 4.69) is 5.32 Å². The molecule has 0 fully saturated rings. The molecule has 9 heteroatoms. The molecule has 8 nitrogen and oxygen atoms in total. The Balaban J connectivity index is 1.52. The van der Waals surface area contributed by atoms with Gasteiger partial charge < -0.3 is 25.0 Å². The number of hydrogen-bond donors (Lipinski definition) is 3. The molecule has 0 atom stereocenters. The zero-order valence-corrected chi connectivity index (χ0v) is 23.9. The van der Waals surface area contributed by atoms with E-state index in [0.717, 1.165) is 43.2 Å². The summed E-state index contributed by atoms with van der Waals surface area (Å²) >= 11 is 0. The summed E-state index contributed by atoms with van der Waals surface area (Å²) in [6, 6.07) is 17.1. The molecule has 3 rings (SSSR count). The standard InChI is InChI=1S/C33H38FNO7/c1-35-33(40)26-19-25(24-11-6-12-27(34)20-24)21-28(22-26)41-17-5-3-2-4-9-23-10-7-13-30(29(23)15-16-32(38)39)42-18-8-14-31(36)37/h6-7,10-13,19-22H,2-5,8-9,14-18H2,1H3,(H,35,40)(H,36,37)(H,38,39). The summed E-state index contributed by atoms with van der Waals surface area (Å²) in [6.45, 7) is 0.717. The number of ether oxygens (including phenoxy) is 2. The summed E-state index contributed by atoms with van der Waals surface area (Å²) < 4.78 is 25.6. The highest BCUT2D eigenvalue weighted by Crippen LogP contribution is 2.28. The van der Waals surface area contributed by atoms with E-state index in [4.69, 9.17) is 14.6 Å². The van der Waals surface area contributed by atoms with E-state index in [9.17, 15) is 23.9 Å². The van der Waals surface area contributed by atoms with Crippen molar-refractivity contribution in [3.8, 4) is 22.6 Å². The van der Waals surface area contributed by atoms with Crippen molar-refractivity contribution >= 4 is 17.8 Å². The van der Waals surface area contributed by atoms with Crippen LogP contribution in [0.2, 0.25) is 0 Å². The Morgan fingerprint density at radius 1 is 0.762 bits per heavy atom. The molecule has 0 radical (unpaired) electrons. The second kappa shape index (κ2) is 16.8. The van der Waals surface area contributed by atoms with Gasteiger partial charge >= 0.3 is 11.9 Å². The van der Waals surface area contributed by atoms with Gasteiger partial charge in [-0.3, -0.25) is 14.4 Å². The topological polar surface area (TPSA) is 122 Å². The number of rotatable bonds is 18. The molecular formula is C33H38FNO7. The van der Waals surface area contributed by atoms with Crippen molar-refractivity contribution < 1.29 is 38.5 Å². The third-order valence-electron chi connectivity index (χ3n) is 6.77. The van der Waals surface area contributed by atoms with Crippen LogP contribution in [0, 0.1) is 5.82 Å². The lowest BCUT2D eigenvalue weighted by Crippen LogP contribution is -2.17. The molecule has 0 bridgehead atoms. The van der Waals surface area contributed by atoms with E-state index < -0.39 is 11.9 Å². The maximum atomic E-state index is 13.8. The highest BCUT2D eigenvalue weighted by molar-refractivity contribution is 5.95. The highest BCUT2D eigenvalue weighted by atomic mass is 19.1. The Morgan fingerprint density at radius 3 is 2.24 bits per heavy atom. The maximum Gasteiger partial charge on any atom is 0.303 e. The largest absolute Gasteiger partial charge is 0.494 e. The average molecular weight is 580 g/mol. The van der Waals surface area contributed by atoms with Gasteiger partial charge in [-0.25, -0.2) is 4.39 Å². The Kier molecular flexibility index (Phi) is 12.8. The molecule has 1 amide bonds. The molecule has 0 unspecified atom stereocenters. The van der Waals surface area contributed by atoms with E-state index in [1.165, 1.54) is 12.1 Å². The van der Waals surface area contributed by atoms with Gasteiger partial charge in [-0.05, 0) is 90.8 Å². The lowest BCUT2D eigenvalue weighted by atomic mass is 9.97. The van der Waals surface area contributed by atoms with Crippen molar-refractivity contribution in [2.75, 3.05) is 20.3 Å². The van der Waals surface area contributed by atoms with E-state index in [0.29, 0.717) is 47.6 Å². The van der Waals surface area contributed by atoms with Crippen molar-refractivity contribution in [2.24, 2.45) is 0 Å². The quantitative estimate of drug-likeness (QED) is 0.151. The molecule has 0 aromatic heterocycles. The number of aryl methyl sites for hydroxylation is 1. The molecule has 0 heterocycles. The third-order valence-corrected chi connectivity index (χ3v) is 6.77. The molecule has 0 aliphatic heterocycles. The first-order valence-corrected chi connectivity index (χ1v) is 14.2.